The highest BCUT2D eigenvalue weighted by atomic mass is 16.1. The predicted molar refractivity (Wildman–Crippen MR) is 93.2 cm³/mol. The molecule has 26 heavy (non-hydrogen) atoms. The molecule has 2 heterocycles. The van der Waals surface area contributed by atoms with Crippen LogP contribution < -0.4 is 0 Å². The van der Waals surface area contributed by atoms with Gasteiger partial charge in [-0.2, -0.15) is 5.10 Å². The maximum absolute atomic E-state index is 13.2. The van der Waals surface area contributed by atoms with Gasteiger partial charge in [0.05, 0.1) is 17.7 Å². The molecule has 3 aliphatic rings. The van der Waals surface area contributed by atoms with Gasteiger partial charge in [-0.05, 0) is 18.4 Å². The average molecular weight is 345 g/mol. The second-order valence-electron chi connectivity index (χ2n) is 6.87. The van der Waals surface area contributed by atoms with Gasteiger partial charge < -0.3 is 0 Å². The Kier molecular flexibility index (Phi) is 3.16. The first-order chi connectivity index (χ1) is 12.7. The molecule has 2 unspecified atom stereocenters. The van der Waals surface area contributed by atoms with Crippen molar-refractivity contribution in [1.29, 1.82) is 0 Å². The first kappa shape index (κ1) is 15.1. The third kappa shape index (κ3) is 1.95. The number of allylic oxidation sites excluding steroid dienone is 2. The minimum atomic E-state index is -0.467. The van der Waals surface area contributed by atoms with E-state index in [1.54, 1.807) is 0 Å². The number of carbonyl (C=O) groups is 3. The smallest absolute Gasteiger partial charge is 0.230 e. The second-order valence-corrected chi connectivity index (χ2v) is 6.87. The SMILES string of the molecule is O=C1C2=C(N=C3CCCC(=O)C3C2c2ccccc2)C(=O)c2[nH]ncc21. The van der Waals surface area contributed by atoms with Crippen molar-refractivity contribution < 1.29 is 14.4 Å². The first-order valence-corrected chi connectivity index (χ1v) is 8.69. The maximum atomic E-state index is 13.2. The highest BCUT2D eigenvalue weighted by Crippen LogP contribution is 2.46. The molecule has 1 aliphatic heterocycles. The van der Waals surface area contributed by atoms with E-state index >= 15 is 0 Å². The van der Waals surface area contributed by atoms with Gasteiger partial charge in [0.1, 0.15) is 17.2 Å². The van der Waals surface area contributed by atoms with Crippen LogP contribution in [0.4, 0.5) is 0 Å². The minimum Gasteiger partial charge on any atom is -0.299 e. The maximum Gasteiger partial charge on any atom is 0.230 e. The lowest BCUT2D eigenvalue weighted by Crippen LogP contribution is -2.41. The summed E-state index contributed by atoms with van der Waals surface area (Å²) in [6.45, 7) is 0. The van der Waals surface area contributed by atoms with E-state index in [1.165, 1.54) is 6.20 Å². The quantitative estimate of drug-likeness (QED) is 0.860. The second kappa shape index (κ2) is 5.42. The number of carbonyl (C=O) groups excluding carboxylic acids is 3. The third-order valence-electron chi connectivity index (χ3n) is 5.45. The third-order valence-corrected chi connectivity index (χ3v) is 5.45. The average Bonchev–Trinajstić information content (AvgIpc) is 3.16. The zero-order chi connectivity index (χ0) is 17.8. The van der Waals surface area contributed by atoms with Crippen LogP contribution in [0.1, 0.15) is 51.6 Å². The number of nitrogens with zero attached hydrogens (tertiary/aromatic N) is 2. The normalized spacial score (nSPS) is 24.8. The Labute approximate surface area is 149 Å². The molecule has 6 heteroatoms. The summed E-state index contributed by atoms with van der Waals surface area (Å²) < 4.78 is 0. The van der Waals surface area contributed by atoms with Crippen LogP contribution >= 0.6 is 0 Å². The molecular weight excluding hydrogens is 330 g/mol. The van der Waals surface area contributed by atoms with Gasteiger partial charge in [-0.3, -0.25) is 24.5 Å². The van der Waals surface area contributed by atoms with Gasteiger partial charge in [0.25, 0.3) is 0 Å². The molecular formula is C20H15N3O3. The number of aromatic nitrogens is 2. The molecule has 0 bridgehead atoms. The number of hydrogen-bond donors (Lipinski definition) is 1. The molecule has 1 fully saturated rings. The van der Waals surface area contributed by atoms with Gasteiger partial charge in [-0.1, -0.05) is 30.3 Å². The largest absolute Gasteiger partial charge is 0.299 e. The summed E-state index contributed by atoms with van der Waals surface area (Å²) in [5, 5.41) is 6.47. The van der Waals surface area contributed by atoms with E-state index in [4.69, 9.17) is 0 Å². The lowest BCUT2D eigenvalue weighted by Gasteiger charge is -2.37. The molecule has 0 amide bonds. The van der Waals surface area contributed by atoms with Gasteiger partial charge in [0.15, 0.2) is 5.78 Å². The summed E-state index contributed by atoms with van der Waals surface area (Å²) in [5.41, 5.74) is 2.53. The van der Waals surface area contributed by atoms with Crippen molar-refractivity contribution in [3.05, 3.63) is 64.6 Å². The van der Waals surface area contributed by atoms with Crippen molar-refractivity contribution in [1.82, 2.24) is 10.2 Å². The number of H-pyrrole nitrogens is 1. The fourth-order valence-corrected chi connectivity index (χ4v) is 4.30. The number of rotatable bonds is 1. The Morgan fingerprint density at radius 2 is 1.77 bits per heavy atom. The van der Waals surface area contributed by atoms with Gasteiger partial charge in [-0.25, -0.2) is 0 Å². The van der Waals surface area contributed by atoms with Crippen molar-refractivity contribution in [2.75, 3.05) is 0 Å². The zero-order valence-corrected chi connectivity index (χ0v) is 13.9. The molecule has 128 valence electrons. The van der Waals surface area contributed by atoms with Crippen molar-refractivity contribution in [3.63, 3.8) is 0 Å². The fourth-order valence-electron chi connectivity index (χ4n) is 4.30. The van der Waals surface area contributed by atoms with E-state index < -0.39 is 11.8 Å². The topological polar surface area (TPSA) is 92.2 Å². The Bertz CT molecular complexity index is 1030. The number of benzene rings is 1. The van der Waals surface area contributed by atoms with E-state index in [2.05, 4.69) is 15.2 Å². The number of nitrogens with one attached hydrogen (secondary N) is 1. The van der Waals surface area contributed by atoms with Crippen LogP contribution in [-0.2, 0) is 4.79 Å². The Morgan fingerprint density at radius 1 is 0.962 bits per heavy atom. The Morgan fingerprint density at radius 3 is 2.58 bits per heavy atom. The van der Waals surface area contributed by atoms with Crippen LogP contribution in [0.3, 0.4) is 0 Å². The zero-order valence-electron chi connectivity index (χ0n) is 13.9. The fraction of sp³-hybridized carbons (Fsp3) is 0.250. The molecule has 1 N–H and O–H groups in total. The predicted octanol–water partition coefficient (Wildman–Crippen LogP) is 2.65. The molecule has 0 radical (unpaired) electrons. The Hall–Kier alpha value is -3.15. The number of aromatic amines is 1. The molecule has 1 aromatic carbocycles. The summed E-state index contributed by atoms with van der Waals surface area (Å²) in [6, 6.07) is 9.46. The highest BCUT2D eigenvalue weighted by Gasteiger charge is 2.48. The van der Waals surface area contributed by atoms with Gasteiger partial charge in [-0.15, -0.1) is 0 Å². The number of aliphatic imine (C=N–C) groups is 1. The van der Waals surface area contributed by atoms with Crippen LogP contribution in [0, 0.1) is 5.92 Å². The summed E-state index contributed by atoms with van der Waals surface area (Å²) in [5.74, 6) is -1.43. The van der Waals surface area contributed by atoms with E-state index in [9.17, 15) is 14.4 Å². The number of ketones is 3. The van der Waals surface area contributed by atoms with Gasteiger partial charge in [0.2, 0.25) is 5.78 Å². The Balaban J connectivity index is 1.78. The van der Waals surface area contributed by atoms with E-state index in [0.29, 0.717) is 18.4 Å². The molecule has 2 atom stereocenters. The van der Waals surface area contributed by atoms with Crippen molar-refractivity contribution >= 4 is 23.1 Å². The number of fused-ring (bicyclic) bond motifs is 2. The molecule has 1 aromatic heterocycles. The van der Waals surface area contributed by atoms with Crippen LogP contribution in [0.25, 0.3) is 0 Å². The van der Waals surface area contributed by atoms with Crippen LogP contribution in [-0.4, -0.2) is 33.3 Å². The van der Waals surface area contributed by atoms with Gasteiger partial charge in [0, 0.05) is 23.6 Å². The van der Waals surface area contributed by atoms with Crippen molar-refractivity contribution in [2.45, 2.75) is 25.2 Å². The molecule has 6 nitrogen and oxygen atoms in total. The molecule has 2 aromatic rings. The van der Waals surface area contributed by atoms with Crippen LogP contribution in [0.15, 0.2) is 52.8 Å². The van der Waals surface area contributed by atoms with Crippen LogP contribution in [0.5, 0.6) is 0 Å². The van der Waals surface area contributed by atoms with Crippen LogP contribution in [0.2, 0.25) is 0 Å². The number of hydrogen-bond acceptors (Lipinski definition) is 5. The first-order valence-electron chi connectivity index (χ1n) is 8.69. The molecule has 5 rings (SSSR count). The summed E-state index contributed by atoms with van der Waals surface area (Å²) >= 11 is 0. The minimum absolute atomic E-state index is 0.0913. The lowest BCUT2D eigenvalue weighted by atomic mass is 9.67. The monoisotopic (exact) mass is 345 g/mol. The molecule has 0 spiro atoms. The van der Waals surface area contributed by atoms with E-state index in [0.717, 1.165) is 17.7 Å². The molecule has 2 aliphatic carbocycles. The van der Waals surface area contributed by atoms with E-state index in [1.807, 2.05) is 30.3 Å². The molecule has 0 saturated heterocycles. The lowest BCUT2D eigenvalue weighted by molar-refractivity contribution is -0.121. The highest BCUT2D eigenvalue weighted by molar-refractivity contribution is 6.29. The van der Waals surface area contributed by atoms with Gasteiger partial charge >= 0.3 is 0 Å². The standard InChI is InChI=1S/C20H15N3O3/c24-13-8-4-7-12-15(13)14(10-5-2-1-3-6-10)16-18(22-12)20(26)17-11(19(16)25)9-21-23-17/h1-3,5-6,9,14-15H,4,7-8H2,(H,21,23). The number of Topliss-reactive ketones (excluding diaryl/α,β-unsaturated/α-hetero) is 3. The summed E-state index contributed by atoms with van der Waals surface area (Å²) in [7, 11) is 0. The summed E-state index contributed by atoms with van der Waals surface area (Å²) in [4.78, 5) is 43.4. The summed E-state index contributed by atoms with van der Waals surface area (Å²) in [6.07, 6.45) is 3.27. The van der Waals surface area contributed by atoms with Crippen molar-refractivity contribution in [3.8, 4) is 0 Å². The molecule has 1 saturated carbocycles. The van der Waals surface area contributed by atoms with Crippen molar-refractivity contribution in [2.24, 2.45) is 10.9 Å². The van der Waals surface area contributed by atoms with E-state index in [-0.39, 0.29) is 34.3 Å².